The van der Waals surface area contributed by atoms with E-state index in [2.05, 4.69) is 34.6 Å². The van der Waals surface area contributed by atoms with Crippen molar-refractivity contribution in [2.75, 3.05) is 12.4 Å². The fourth-order valence-corrected chi connectivity index (χ4v) is 2.02. The normalized spacial score (nSPS) is 10.5. The van der Waals surface area contributed by atoms with Gasteiger partial charge in [-0.25, -0.2) is 4.98 Å². The molecule has 4 heteroatoms. The van der Waals surface area contributed by atoms with Gasteiger partial charge in [-0.1, -0.05) is 35.9 Å². The number of ether oxygens (including phenoxy) is 1. The number of nitrogens with zero attached hydrogens (tertiary/aromatic N) is 1. The Morgan fingerprint density at radius 1 is 1.11 bits per heavy atom. The SMILES string of the molecule is COCc1ccc(CNc2ccc(Cl)nc2C)cc1. The van der Waals surface area contributed by atoms with Gasteiger partial charge in [0.2, 0.25) is 0 Å². The van der Waals surface area contributed by atoms with Gasteiger partial charge in [-0.15, -0.1) is 0 Å². The smallest absolute Gasteiger partial charge is 0.129 e. The van der Waals surface area contributed by atoms with Crippen molar-refractivity contribution in [3.8, 4) is 0 Å². The summed E-state index contributed by atoms with van der Waals surface area (Å²) in [6, 6.07) is 12.1. The largest absolute Gasteiger partial charge is 0.380 e. The van der Waals surface area contributed by atoms with E-state index in [0.717, 1.165) is 17.9 Å². The number of rotatable bonds is 5. The lowest BCUT2D eigenvalue weighted by Gasteiger charge is -2.09. The molecule has 3 nitrogen and oxygen atoms in total. The van der Waals surface area contributed by atoms with Gasteiger partial charge >= 0.3 is 0 Å². The molecule has 0 radical (unpaired) electrons. The van der Waals surface area contributed by atoms with Crippen LogP contribution in [0.25, 0.3) is 0 Å². The van der Waals surface area contributed by atoms with E-state index in [1.165, 1.54) is 11.1 Å². The summed E-state index contributed by atoms with van der Waals surface area (Å²) in [4.78, 5) is 4.21. The second-order valence-corrected chi connectivity index (χ2v) is 4.76. The summed E-state index contributed by atoms with van der Waals surface area (Å²) in [5, 5.41) is 3.88. The van der Waals surface area contributed by atoms with Crippen molar-refractivity contribution >= 4 is 17.3 Å². The second kappa shape index (κ2) is 6.55. The van der Waals surface area contributed by atoms with Crippen LogP contribution >= 0.6 is 11.6 Å². The van der Waals surface area contributed by atoms with Crippen LogP contribution in [-0.4, -0.2) is 12.1 Å². The molecule has 1 heterocycles. The third-order valence-electron chi connectivity index (χ3n) is 2.87. The quantitative estimate of drug-likeness (QED) is 0.844. The minimum Gasteiger partial charge on any atom is -0.380 e. The van der Waals surface area contributed by atoms with Crippen LogP contribution < -0.4 is 5.32 Å². The maximum absolute atomic E-state index is 5.83. The summed E-state index contributed by atoms with van der Waals surface area (Å²) in [6.07, 6.45) is 0. The van der Waals surface area contributed by atoms with E-state index in [0.29, 0.717) is 11.8 Å². The summed E-state index contributed by atoms with van der Waals surface area (Å²) in [7, 11) is 1.70. The Hall–Kier alpha value is -1.58. The van der Waals surface area contributed by atoms with Crippen LogP contribution in [0.15, 0.2) is 36.4 Å². The average molecular weight is 277 g/mol. The highest BCUT2D eigenvalue weighted by atomic mass is 35.5. The second-order valence-electron chi connectivity index (χ2n) is 4.37. The highest BCUT2D eigenvalue weighted by Gasteiger charge is 2.00. The minimum absolute atomic E-state index is 0.520. The molecule has 0 saturated heterocycles. The van der Waals surface area contributed by atoms with Crippen LogP contribution in [0, 0.1) is 6.92 Å². The summed E-state index contributed by atoms with van der Waals surface area (Å²) < 4.78 is 5.09. The van der Waals surface area contributed by atoms with Crippen molar-refractivity contribution in [1.29, 1.82) is 0 Å². The molecule has 19 heavy (non-hydrogen) atoms. The van der Waals surface area contributed by atoms with E-state index >= 15 is 0 Å². The van der Waals surface area contributed by atoms with E-state index in [1.807, 2.05) is 13.0 Å². The lowest BCUT2D eigenvalue weighted by atomic mass is 10.1. The molecule has 0 spiro atoms. The van der Waals surface area contributed by atoms with Gasteiger partial charge in [0.25, 0.3) is 0 Å². The summed E-state index contributed by atoms with van der Waals surface area (Å²) in [6.45, 7) is 3.35. The van der Waals surface area contributed by atoms with Crippen LogP contribution in [0.3, 0.4) is 0 Å². The zero-order chi connectivity index (χ0) is 13.7. The third kappa shape index (κ3) is 3.94. The average Bonchev–Trinajstić information content (AvgIpc) is 2.40. The number of hydrogen-bond donors (Lipinski definition) is 1. The monoisotopic (exact) mass is 276 g/mol. The van der Waals surface area contributed by atoms with Crippen molar-refractivity contribution in [3.05, 3.63) is 58.4 Å². The maximum Gasteiger partial charge on any atom is 0.129 e. The lowest BCUT2D eigenvalue weighted by Crippen LogP contribution is -2.02. The minimum atomic E-state index is 0.520. The molecule has 1 aromatic heterocycles. The van der Waals surface area contributed by atoms with Gasteiger partial charge in [0.15, 0.2) is 0 Å². The van der Waals surface area contributed by atoms with Gasteiger partial charge in [0, 0.05) is 13.7 Å². The van der Waals surface area contributed by atoms with Gasteiger partial charge in [-0.2, -0.15) is 0 Å². The van der Waals surface area contributed by atoms with E-state index in [-0.39, 0.29) is 0 Å². The zero-order valence-corrected chi connectivity index (χ0v) is 11.9. The number of hydrogen-bond acceptors (Lipinski definition) is 3. The van der Waals surface area contributed by atoms with Crippen LogP contribution in [0.4, 0.5) is 5.69 Å². The Morgan fingerprint density at radius 3 is 2.42 bits per heavy atom. The fourth-order valence-electron chi connectivity index (χ4n) is 1.83. The number of pyridine rings is 1. The first-order valence-electron chi connectivity index (χ1n) is 6.13. The Balaban J connectivity index is 1.98. The van der Waals surface area contributed by atoms with Crippen molar-refractivity contribution in [2.24, 2.45) is 0 Å². The van der Waals surface area contributed by atoms with E-state index in [9.17, 15) is 0 Å². The first-order chi connectivity index (χ1) is 9.19. The predicted octanol–water partition coefficient (Wildman–Crippen LogP) is 3.80. The van der Waals surface area contributed by atoms with Crippen LogP contribution in [-0.2, 0) is 17.9 Å². The predicted molar refractivity (Wildman–Crippen MR) is 78.5 cm³/mol. The molecule has 2 aromatic rings. The van der Waals surface area contributed by atoms with Crippen LogP contribution in [0.1, 0.15) is 16.8 Å². The van der Waals surface area contributed by atoms with Crippen molar-refractivity contribution in [3.63, 3.8) is 0 Å². The number of anilines is 1. The highest BCUT2D eigenvalue weighted by Crippen LogP contribution is 2.16. The number of aromatic nitrogens is 1. The van der Waals surface area contributed by atoms with Crippen molar-refractivity contribution in [1.82, 2.24) is 4.98 Å². The molecule has 0 atom stereocenters. The molecule has 1 N–H and O–H groups in total. The first-order valence-corrected chi connectivity index (χ1v) is 6.50. The summed E-state index contributed by atoms with van der Waals surface area (Å²) in [5.41, 5.74) is 4.30. The molecule has 100 valence electrons. The Morgan fingerprint density at radius 2 is 1.79 bits per heavy atom. The van der Waals surface area contributed by atoms with Gasteiger partial charge in [-0.3, -0.25) is 0 Å². The molecule has 0 unspecified atom stereocenters. The van der Waals surface area contributed by atoms with E-state index in [4.69, 9.17) is 16.3 Å². The number of aryl methyl sites for hydroxylation is 1. The topological polar surface area (TPSA) is 34.1 Å². The summed E-state index contributed by atoms with van der Waals surface area (Å²) in [5.74, 6) is 0. The molecular weight excluding hydrogens is 260 g/mol. The molecule has 0 amide bonds. The molecule has 0 aliphatic heterocycles. The Kier molecular flexibility index (Phi) is 4.77. The van der Waals surface area contributed by atoms with Crippen molar-refractivity contribution in [2.45, 2.75) is 20.1 Å². The molecule has 0 bridgehead atoms. The van der Waals surface area contributed by atoms with E-state index < -0.39 is 0 Å². The molecule has 0 aliphatic carbocycles. The van der Waals surface area contributed by atoms with Gasteiger partial charge in [0.05, 0.1) is 18.0 Å². The van der Waals surface area contributed by atoms with Crippen molar-refractivity contribution < 1.29 is 4.74 Å². The highest BCUT2D eigenvalue weighted by molar-refractivity contribution is 6.29. The number of methoxy groups -OCH3 is 1. The Labute approximate surface area is 118 Å². The first kappa shape index (κ1) is 13.8. The van der Waals surface area contributed by atoms with E-state index in [1.54, 1.807) is 13.2 Å². The number of benzene rings is 1. The lowest BCUT2D eigenvalue weighted by molar-refractivity contribution is 0.185. The molecule has 0 fully saturated rings. The standard InChI is InChI=1S/C15H17ClN2O/c1-11-14(7-8-15(16)18-11)17-9-12-3-5-13(6-4-12)10-19-2/h3-8,17H,9-10H2,1-2H3. The number of halogens is 1. The van der Waals surface area contributed by atoms with Gasteiger partial charge in [-0.05, 0) is 30.2 Å². The van der Waals surface area contributed by atoms with Gasteiger partial charge in [0.1, 0.15) is 5.15 Å². The fraction of sp³-hybridized carbons (Fsp3) is 0.267. The zero-order valence-electron chi connectivity index (χ0n) is 11.1. The maximum atomic E-state index is 5.83. The van der Waals surface area contributed by atoms with Crippen LogP contribution in [0.2, 0.25) is 5.15 Å². The molecule has 2 rings (SSSR count). The summed E-state index contributed by atoms with van der Waals surface area (Å²) >= 11 is 5.83. The number of nitrogens with one attached hydrogen (secondary N) is 1. The molecule has 1 aromatic carbocycles. The third-order valence-corrected chi connectivity index (χ3v) is 3.08. The van der Waals surface area contributed by atoms with Crippen LogP contribution in [0.5, 0.6) is 0 Å². The molecule has 0 saturated carbocycles. The Bertz CT molecular complexity index is 540. The molecular formula is C15H17ClN2O. The molecule has 0 aliphatic rings. The van der Waals surface area contributed by atoms with Gasteiger partial charge < -0.3 is 10.1 Å².